The molecule has 0 radical (unpaired) electrons. The van der Waals surface area contributed by atoms with Gasteiger partial charge in [0, 0.05) is 22.7 Å². The molecule has 0 saturated carbocycles. The number of halogens is 2. The molecule has 0 aliphatic heterocycles. The van der Waals surface area contributed by atoms with E-state index in [4.69, 9.17) is 5.73 Å². The number of benzene rings is 2. The van der Waals surface area contributed by atoms with Gasteiger partial charge in [0.25, 0.3) is 0 Å². The summed E-state index contributed by atoms with van der Waals surface area (Å²) in [6.07, 6.45) is 0.750. The Morgan fingerprint density at radius 1 is 1.19 bits per heavy atom. The van der Waals surface area contributed by atoms with Gasteiger partial charge in [-0.3, -0.25) is 0 Å². The Labute approximate surface area is 133 Å². The van der Waals surface area contributed by atoms with Gasteiger partial charge in [-0.05, 0) is 56.2 Å². The molecule has 112 valence electrons. The topological polar surface area (TPSA) is 29.3 Å². The molecule has 0 aliphatic rings. The quantitative estimate of drug-likeness (QED) is 0.851. The van der Waals surface area contributed by atoms with Crippen LogP contribution in [-0.4, -0.2) is 12.6 Å². The third-order valence-electron chi connectivity index (χ3n) is 3.33. The SMILES string of the molecule is CCN(c1ccccc1F)c1ccc(Br)cc1CC(C)N. The van der Waals surface area contributed by atoms with Crippen LogP contribution in [0.25, 0.3) is 0 Å². The van der Waals surface area contributed by atoms with Gasteiger partial charge in [0.15, 0.2) is 0 Å². The summed E-state index contributed by atoms with van der Waals surface area (Å²) in [5.41, 5.74) is 8.65. The minimum atomic E-state index is -0.214. The second kappa shape index (κ2) is 7.05. The monoisotopic (exact) mass is 350 g/mol. The summed E-state index contributed by atoms with van der Waals surface area (Å²) in [7, 11) is 0. The molecule has 0 bridgehead atoms. The average Bonchev–Trinajstić information content (AvgIpc) is 2.43. The van der Waals surface area contributed by atoms with Crippen LogP contribution in [0.4, 0.5) is 15.8 Å². The second-order valence-electron chi connectivity index (χ2n) is 5.15. The van der Waals surface area contributed by atoms with E-state index in [1.54, 1.807) is 12.1 Å². The van der Waals surface area contributed by atoms with Crippen LogP contribution in [0.2, 0.25) is 0 Å². The van der Waals surface area contributed by atoms with Crippen molar-refractivity contribution in [3.05, 3.63) is 58.3 Å². The summed E-state index contributed by atoms with van der Waals surface area (Å²) < 4.78 is 15.1. The summed E-state index contributed by atoms with van der Waals surface area (Å²) in [5.74, 6) is -0.214. The van der Waals surface area contributed by atoms with Crippen molar-refractivity contribution < 1.29 is 4.39 Å². The molecule has 21 heavy (non-hydrogen) atoms. The van der Waals surface area contributed by atoms with E-state index in [0.29, 0.717) is 12.2 Å². The van der Waals surface area contributed by atoms with Gasteiger partial charge < -0.3 is 10.6 Å². The Kier molecular flexibility index (Phi) is 5.37. The summed E-state index contributed by atoms with van der Waals surface area (Å²) >= 11 is 3.49. The number of para-hydroxylation sites is 1. The van der Waals surface area contributed by atoms with E-state index in [1.165, 1.54) is 6.07 Å². The largest absolute Gasteiger partial charge is 0.339 e. The molecule has 1 atom stereocenters. The van der Waals surface area contributed by atoms with Crippen molar-refractivity contribution in [1.29, 1.82) is 0 Å². The Morgan fingerprint density at radius 2 is 1.90 bits per heavy atom. The van der Waals surface area contributed by atoms with Crippen molar-refractivity contribution >= 4 is 27.3 Å². The summed E-state index contributed by atoms with van der Waals surface area (Å²) in [6.45, 7) is 4.68. The molecule has 2 aromatic carbocycles. The van der Waals surface area contributed by atoms with Crippen LogP contribution < -0.4 is 10.6 Å². The predicted molar refractivity (Wildman–Crippen MR) is 90.6 cm³/mol. The molecule has 0 saturated heterocycles. The number of nitrogens with two attached hydrogens (primary N) is 1. The van der Waals surface area contributed by atoms with Crippen LogP contribution in [0.1, 0.15) is 19.4 Å². The lowest BCUT2D eigenvalue weighted by Crippen LogP contribution is -2.23. The molecule has 2 N–H and O–H groups in total. The molecule has 2 aromatic rings. The van der Waals surface area contributed by atoms with Gasteiger partial charge in [0.05, 0.1) is 5.69 Å². The number of hydrogen-bond donors (Lipinski definition) is 1. The van der Waals surface area contributed by atoms with E-state index in [0.717, 1.165) is 22.1 Å². The Morgan fingerprint density at radius 3 is 2.52 bits per heavy atom. The minimum Gasteiger partial charge on any atom is -0.339 e. The molecule has 2 nitrogen and oxygen atoms in total. The van der Waals surface area contributed by atoms with Gasteiger partial charge in [-0.2, -0.15) is 0 Å². The molecule has 0 aromatic heterocycles. The van der Waals surface area contributed by atoms with Gasteiger partial charge in [0.2, 0.25) is 0 Å². The first-order valence-electron chi connectivity index (χ1n) is 7.09. The summed E-state index contributed by atoms with van der Waals surface area (Å²) in [5, 5.41) is 0. The Bertz CT molecular complexity index is 613. The van der Waals surface area contributed by atoms with Gasteiger partial charge >= 0.3 is 0 Å². The van der Waals surface area contributed by atoms with E-state index in [2.05, 4.69) is 22.0 Å². The molecular weight excluding hydrogens is 331 g/mol. The molecule has 4 heteroatoms. The zero-order chi connectivity index (χ0) is 15.4. The Hall–Kier alpha value is -1.39. The first-order valence-corrected chi connectivity index (χ1v) is 7.88. The third-order valence-corrected chi connectivity index (χ3v) is 3.83. The van der Waals surface area contributed by atoms with Gasteiger partial charge in [-0.15, -0.1) is 0 Å². The van der Waals surface area contributed by atoms with Crippen LogP contribution >= 0.6 is 15.9 Å². The van der Waals surface area contributed by atoms with E-state index in [1.807, 2.05) is 36.9 Å². The molecule has 0 aliphatic carbocycles. The fourth-order valence-electron chi connectivity index (χ4n) is 2.47. The van der Waals surface area contributed by atoms with E-state index in [9.17, 15) is 4.39 Å². The maximum atomic E-state index is 14.1. The van der Waals surface area contributed by atoms with Gasteiger partial charge in [-0.1, -0.05) is 28.1 Å². The van der Waals surface area contributed by atoms with Crippen molar-refractivity contribution in [2.75, 3.05) is 11.4 Å². The van der Waals surface area contributed by atoms with Crippen molar-refractivity contribution in [2.24, 2.45) is 5.73 Å². The highest BCUT2D eigenvalue weighted by Gasteiger charge is 2.16. The number of nitrogens with zero attached hydrogens (tertiary/aromatic N) is 1. The molecule has 0 spiro atoms. The van der Waals surface area contributed by atoms with Crippen molar-refractivity contribution in [2.45, 2.75) is 26.3 Å². The maximum absolute atomic E-state index is 14.1. The smallest absolute Gasteiger partial charge is 0.146 e. The highest BCUT2D eigenvalue weighted by molar-refractivity contribution is 9.10. The lowest BCUT2D eigenvalue weighted by molar-refractivity contribution is 0.625. The highest BCUT2D eigenvalue weighted by Crippen LogP contribution is 2.32. The number of anilines is 2. The van der Waals surface area contributed by atoms with Crippen LogP contribution in [0.3, 0.4) is 0 Å². The molecular formula is C17H20BrFN2. The number of rotatable bonds is 5. The molecule has 0 heterocycles. The normalized spacial score (nSPS) is 12.2. The number of hydrogen-bond acceptors (Lipinski definition) is 2. The molecule has 0 amide bonds. The van der Waals surface area contributed by atoms with Gasteiger partial charge in [-0.25, -0.2) is 4.39 Å². The van der Waals surface area contributed by atoms with Gasteiger partial charge in [0.1, 0.15) is 5.82 Å². The average molecular weight is 351 g/mol. The van der Waals surface area contributed by atoms with Crippen molar-refractivity contribution in [3.8, 4) is 0 Å². The second-order valence-corrected chi connectivity index (χ2v) is 6.07. The first kappa shape index (κ1) is 16.0. The maximum Gasteiger partial charge on any atom is 0.146 e. The van der Waals surface area contributed by atoms with Crippen LogP contribution in [0.15, 0.2) is 46.9 Å². The van der Waals surface area contributed by atoms with Crippen LogP contribution in [0, 0.1) is 5.82 Å². The minimum absolute atomic E-state index is 0.0531. The lowest BCUT2D eigenvalue weighted by atomic mass is 10.0. The predicted octanol–water partition coefficient (Wildman–Crippen LogP) is 4.64. The van der Waals surface area contributed by atoms with Crippen molar-refractivity contribution in [1.82, 2.24) is 0 Å². The van der Waals surface area contributed by atoms with E-state index >= 15 is 0 Å². The lowest BCUT2D eigenvalue weighted by Gasteiger charge is -2.27. The fraction of sp³-hybridized carbons (Fsp3) is 0.294. The zero-order valence-electron chi connectivity index (χ0n) is 12.3. The van der Waals surface area contributed by atoms with E-state index < -0.39 is 0 Å². The third kappa shape index (κ3) is 3.83. The summed E-state index contributed by atoms with van der Waals surface area (Å²) in [6, 6.07) is 12.9. The molecule has 2 rings (SSSR count). The molecule has 0 fully saturated rings. The Balaban J connectivity index is 2.50. The van der Waals surface area contributed by atoms with E-state index in [-0.39, 0.29) is 11.9 Å². The summed E-state index contributed by atoms with van der Waals surface area (Å²) in [4.78, 5) is 1.99. The fourth-order valence-corrected chi connectivity index (χ4v) is 2.88. The zero-order valence-corrected chi connectivity index (χ0v) is 13.9. The first-order chi connectivity index (χ1) is 10.0. The van der Waals surface area contributed by atoms with Crippen LogP contribution in [0.5, 0.6) is 0 Å². The highest BCUT2D eigenvalue weighted by atomic mass is 79.9. The molecule has 1 unspecified atom stereocenters. The van der Waals surface area contributed by atoms with Crippen LogP contribution in [-0.2, 0) is 6.42 Å². The standard InChI is InChI=1S/C17H20BrFN2/c1-3-21(17-7-5-4-6-15(17)19)16-9-8-14(18)11-13(16)10-12(2)20/h4-9,11-12H,3,10,20H2,1-2H3. The van der Waals surface area contributed by atoms with Crippen molar-refractivity contribution in [3.63, 3.8) is 0 Å².